The van der Waals surface area contributed by atoms with Crippen LogP contribution in [-0.2, 0) is 0 Å². The van der Waals surface area contributed by atoms with E-state index in [1.807, 2.05) is 0 Å². The minimum Gasteiger partial charge on any atom is -0.310 e. The molecule has 0 bridgehead atoms. The van der Waals surface area contributed by atoms with Crippen molar-refractivity contribution in [2.75, 3.05) is 4.90 Å². The van der Waals surface area contributed by atoms with Crippen molar-refractivity contribution in [3.63, 3.8) is 0 Å². The maximum Gasteiger partial charge on any atom is 0.0547 e. The second kappa shape index (κ2) is 13.4. The zero-order valence-corrected chi connectivity index (χ0v) is 29.7. The Balaban J connectivity index is 1.17. The second-order valence-corrected chi connectivity index (χ2v) is 13.8. The number of para-hydroxylation sites is 2. The number of fused-ring (bicyclic) bond motifs is 5. The summed E-state index contributed by atoms with van der Waals surface area (Å²) in [5.74, 6) is 0. The molecule has 0 spiro atoms. The van der Waals surface area contributed by atoms with Crippen LogP contribution in [0.4, 0.5) is 17.1 Å². The van der Waals surface area contributed by atoms with Crippen LogP contribution in [0.25, 0.3) is 71.6 Å². The number of hydrogen-bond acceptors (Lipinski definition) is 1. The molecule has 9 aromatic carbocycles. The number of hydrogen-bond donors (Lipinski definition) is 0. The Morgan fingerprint density at radius 1 is 0.315 bits per heavy atom. The van der Waals surface area contributed by atoms with Gasteiger partial charge in [0.05, 0.1) is 11.0 Å². The molecule has 0 saturated carbocycles. The highest BCUT2D eigenvalue weighted by Crippen LogP contribution is 2.43. The molecule has 0 fully saturated rings. The quantitative estimate of drug-likeness (QED) is 0.162. The van der Waals surface area contributed by atoms with Gasteiger partial charge >= 0.3 is 0 Å². The van der Waals surface area contributed by atoms with Gasteiger partial charge in [0.1, 0.15) is 0 Å². The lowest BCUT2D eigenvalue weighted by Crippen LogP contribution is -2.10. The number of rotatable bonds is 7. The largest absolute Gasteiger partial charge is 0.310 e. The van der Waals surface area contributed by atoms with Crippen LogP contribution in [0, 0.1) is 0 Å². The average Bonchev–Trinajstić information content (AvgIpc) is 3.60. The first-order valence-electron chi connectivity index (χ1n) is 18.5. The van der Waals surface area contributed by atoms with Crippen molar-refractivity contribution in [3.05, 3.63) is 218 Å². The summed E-state index contributed by atoms with van der Waals surface area (Å²) in [7, 11) is 0. The highest BCUT2D eigenvalue weighted by atomic mass is 15.1. The van der Waals surface area contributed by atoms with E-state index in [1.54, 1.807) is 0 Å². The average molecular weight is 689 g/mol. The fourth-order valence-electron chi connectivity index (χ4n) is 8.06. The van der Waals surface area contributed by atoms with E-state index in [-0.39, 0.29) is 0 Å². The molecule has 10 rings (SSSR count). The van der Waals surface area contributed by atoms with Gasteiger partial charge in [0.2, 0.25) is 0 Å². The van der Waals surface area contributed by atoms with Crippen molar-refractivity contribution in [2.45, 2.75) is 0 Å². The van der Waals surface area contributed by atoms with E-state index in [2.05, 4.69) is 228 Å². The van der Waals surface area contributed by atoms with Gasteiger partial charge in [-0.05, 0) is 105 Å². The second-order valence-electron chi connectivity index (χ2n) is 13.8. The molecule has 0 aliphatic carbocycles. The summed E-state index contributed by atoms with van der Waals surface area (Å²) in [5, 5.41) is 4.97. The molecule has 2 nitrogen and oxygen atoms in total. The van der Waals surface area contributed by atoms with Crippen molar-refractivity contribution in [2.24, 2.45) is 0 Å². The van der Waals surface area contributed by atoms with Crippen LogP contribution in [-0.4, -0.2) is 4.57 Å². The van der Waals surface area contributed by atoms with E-state index < -0.39 is 0 Å². The smallest absolute Gasteiger partial charge is 0.0547 e. The van der Waals surface area contributed by atoms with E-state index in [4.69, 9.17) is 0 Å². The van der Waals surface area contributed by atoms with E-state index in [0.717, 1.165) is 22.7 Å². The van der Waals surface area contributed by atoms with Gasteiger partial charge in [-0.3, -0.25) is 0 Å². The summed E-state index contributed by atoms with van der Waals surface area (Å²) in [4.78, 5) is 2.40. The Morgan fingerprint density at radius 3 is 1.56 bits per heavy atom. The Hall–Kier alpha value is -7.16. The molecule has 0 N–H and O–H groups in total. The normalized spacial score (nSPS) is 11.3. The first-order chi connectivity index (χ1) is 26.8. The van der Waals surface area contributed by atoms with Gasteiger partial charge in [0.15, 0.2) is 0 Å². The van der Waals surface area contributed by atoms with Crippen LogP contribution < -0.4 is 4.90 Å². The van der Waals surface area contributed by atoms with Crippen LogP contribution in [0.3, 0.4) is 0 Å². The molecule has 0 aliphatic heterocycles. The number of benzene rings is 9. The Morgan fingerprint density at radius 2 is 0.852 bits per heavy atom. The summed E-state index contributed by atoms with van der Waals surface area (Å²) in [6.07, 6.45) is 0. The predicted molar refractivity (Wildman–Crippen MR) is 229 cm³/mol. The fourth-order valence-corrected chi connectivity index (χ4v) is 8.06. The molecule has 10 aromatic rings. The first-order valence-corrected chi connectivity index (χ1v) is 18.5. The van der Waals surface area contributed by atoms with Gasteiger partial charge in [-0.15, -0.1) is 0 Å². The van der Waals surface area contributed by atoms with Gasteiger partial charge in [-0.25, -0.2) is 0 Å². The van der Waals surface area contributed by atoms with Crippen molar-refractivity contribution >= 4 is 49.6 Å². The molecule has 0 amide bonds. The minimum atomic E-state index is 1.10. The SMILES string of the molecule is c1ccc(-c2ccc(N(c3ccc(-c4ccccc4)c(-c4ccccc4)c3)c3ccc4c(ccc5c4c4ccccc4n5-c4ccccc4)c3)cc2)cc1. The van der Waals surface area contributed by atoms with Crippen molar-refractivity contribution in [1.82, 2.24) is 4.57 Å². The first kappa shape index (κ1) is 31.6. The molecule has 254 valence electrons. The van der Waals surface area contributed by atoms with Crippen LogP contribution in [0.5, 0.6) is 0 Å². The number of aromatic nitrogens is 1. The number of anilines is 3. The summed E-state index contributed by atoms with van der Waals surface area (Å²) in [6, 6.07) is 78.8. The van der Waals surface area contributed by atoms with Crippen molar-refractivity contribution in [3.8, 4) is 39.1 Å². The van der Waals surface area contributed by atoms with Gasteiger partial charge in [0.25, 0.3) is 0 Å². The van der Waals surface area contributed by atoms with Crippen molar-refractivity contribution < 1.29 is 0 Å². The van der Waals surface area contributed by atoms with Crippen LogP contribution in [0.2, 0.25) is 0 Å². The third-order valence-electron chi connectivity index (χ3n) is 10.6. The zero-order chi connectivity index (χ0) is 35.8. The van der Waals surface area contributed by atoms with Gasteiger partial charge in [0, 0.05) is 33.5 Å². The Bertz CT molecular complexity index is 2890. The molecule has 54 heavy (non-hydrogen) atoms. The van der Waals surface area contributed by atoms with Gasteiger partial charge in [-0.2, -0.15) is 0 Å². The zero-order valence-electron chi connectivity index (χ0n) is 29.7. The molecule has 0 radical (unpaired) electrons. The van der Waals surface area contributed by atoms with E-state index in [1.165, 1.54) is 66.0 Å². The lowest BCUT2D eigenvalue weighted by atomic mass is 9.93. The highest BCUT2D eigenvalue weighted by molar-refractivity contribution is 6.21. The maximum absolute atomic E-state index is 2.40. The van der Waals surface area contributed by atoms with Crippen LogP contribution in [0.15, 0.2) is 218 Å². The maximum atomic E-state index is 2.40. The molecular weight excluding hydrogens is 653 g/mol. The molecule has 0 aliphatic rings. The topological polar surface area (TPSA) is 8.17 Å². The summed E-state index contributed by atoms with van der Waals surface area (Å²) >= 11 is 0. The standard InChI is InChI=1S/C52H36N2/c1-5-15-37(16-6-1)38-25-28-43(29-26-38)53(45-30-32-46(39-17-7-2-8-18-39)49(36-45)40-19-9-3-10-20-40)44-31-33-47-41(35-44)27-34-51-52(47)48-23-13-14-24-50(48)54(51)42-21-11-4-12-22-42/h1-36H. The van der Waals surface area contributed by atoms with Crippen LogP contribution >= 0.6 is 0 Å². The summed E-state index contributed by atoms with van der Waals surface area (Å²) in [6.45, 7) is 0. The molecule has 2 heteroatoms. The number of nitrogens with zero attached hydrogens (tertiary/aromatic N) is 2. The van der Waals surface area contributed by atoms with Crippen LogP contribution in [0.1, 0.15) is 0 Å². The molecule has 0 atom stereocenters. The van der Waals surface area contributed by atoms with E-state index in [9.17, 15) is 0 Å². The Kier molecular flexibility index (Phi) is 7.85. The molecule has 0 unspecified atom stereocenters. The van der Waals surface area contributed by atoms with Gasteiger partial charge < -0.3 is 9.47 Å². The molecule has 1 heterocycles. The minimum absolute atomic E-state index is 1.10. The third-order valence-corrected chi connectivity index (χ3v) is 10.6. The van der Waals surface area contributed by atoms with Gasteiger partial charge in [-0.1, -0.05) is 158 Å². The summed E-state index contributed by atoms with van der Waals surface area (Å²) < 4.78 is 2.39. The molecule has 1 aromatic heterocycles. The molecule has 0 saturated heterocycles. The third kappa shape index (κ3) is 5.53. The van der Waals surface area contributed by atoms with E-state index >= 15 is 0 Å². The molecular formula is C52H36N2. The summed E-state index contributed by atoms with van der Waals surface area (Å²) in [5.41, 5.74) is 14.1. The van der Waals surface area contributed by atoms with Crippen molar-refractivity contribution in [1.29, 1.82) is 0 Å². The lowest BCUT2D eigenvalue weighted by molar-refractivity contribution is 1.18. The monoisotopic (exact) mass is 688 g/mol. The predicted octanol–water partition coefficient (Wildman–Crippen LogP) is 14.4. The fraction of sp³-hybridized carbons (Fsp3) is 0. The van der Waals surface area contributed by atoms with E-state index in [0.29, 0.717) is 0 Å². The lowest BCUT2D eigenvalue weighted by Gasteiger charge is -2.27. The Labute approximate surface area is 315 Å². The highest BCUT2D eigenvalue weighted by Gasteiger charge is 2.19.